The van der Waals surface area contributed by atoms with E-state index in [1.165, 1.54) is 0 Å². The molecule has 2 N–H and O–H groups in total. The van der Waals surface area contributed by atoms with Gasteiger partial charge in [-0.15, -0.1) is 0 Å². The number of fused-ring (bicyclic) bond motifs is 2. The minimum absolute atomic E-state index is 0.0355. The van der Waals surface area contributed by atoms with Crippen molar-refractivity contribution in [2.24, 2.45) is 5.92 Å². The number of ether oxygens (including phenoxy) is 1. The van der Waals surface area contributed by atoms with Crippen LogP contribution in [0.4, 0.5) is 30.4 Å². The summed E-state index contributed by atoms with van der Waals surface area (Å²) in [6.07, 6.45) is 1.000. The zero-order valence-corrected chi connectivity index (χ0v) is 19.1. The van der Waals surface area contributed by atoms with Crippen molar-refractivity contribution in [3.63, 3.8) is 0 Å². The number of rotatable bonds is 5. The largest absolute Gasteiger partial charge is 0.406 e. The average Bonchev–Trinajstić information content (AvgIpc) is 3.65. The number of halogens is 3. The molecule has 0 unspecified atom stereocenters. The summed E-state index contributed by atoms with van der Waals surface area (Å²) in [6, 6.07) is 9.22. The SMILES string of the molecule is COC1CCC(C(=O)N2Cc3cccnc3Nc3ccc(CNC4(C(F)(F)F)CC4)cc32)CC1. The first-order valence-corrected chi connectivity index (χ1v) is 11.8. The Labute approximate surface area is 196 Å². The molecule has 2 fully saturated rings. The molecule has 0 bridgehead atoms. The molecular weight excluding hydrogens is 445 g/mol. The first-order chi connectivity index (χ1) is 16.3. The van der Waals surface area contributed by atoms with E-state index < -0.39 is 11.7 Å². The van der Waals surface area contributed by atoms with E-state index in [-0.39, 0.29) is 37.3 Å². The fourth-order valence-electron chi connectivity index (χ4n) is 5.00. The van der Waals surface area contributed by atoms with E-state index in [0.29, 0.717) is 23.6 Å². The van der Waals surface area contributed by atoms with Crippen LogP contribution in [0.1, 0.15) is 49.7 Å². The van der Waals surface area contributed by atoms with Crippen molar-refractivity contribution in [2.45, 2.75) is 69.4 Å². The van der Waals surface area contributed by atoms with Crippen LogP contribution in [0.25, 0.3) is 0 Å². The number of nitrogens with zero attached hydrogens (tertiary/aromatic N) is 2. The molecule has 34 heavy (non-hydrogen) atoms. The van der Waals surface area contributed by atoms with E-state index >= 15 is 0 Å². The number of carbonyl (C=O) groups is 1. The molecular formula is C25H29F3N4O2. The highest BCUT2D eigenvalue weighted by Crippen LogP contribution is 2.49. The van der Waals surface area contributed by atoms with Crippen molar-refractivity contribution in [1.29, 1.82) is 0 Å². The highest BCUT2D eigenvalue weighted by molar-refractivity contribution is 5.99. The van der Waals surface area contributed by atoms with E-state index in [1.54, 1.807) is 24.3 Å². The second-order valence-electron chi connectivity index (χ2n) is 9.55. The number of alkyl halides is 3. The average molecular weight is 475 g/mol. The summed E-state index contributed by atoms with van der Waals surface area (Å²) >= 11 is 0. The van der Waals surface area contributed by atoms with Gasteiger partial charge in [-0.05, 0) is 62.3 Å². The monoisotopic (exact) mass is 474 g/mol. The Morgan fingerprint density at radius 1 is 1.24 bits per heavy atom. The van der Waals surface area contributed by atoms with Gasteiger partial charge in [0.2, 0.25) is 5.91 Å². The van der Waals surface area contributed by atoms with Gasteiger partial charge in [0.25, 0.3) is 0 Å². The van der Waals surface area contributed by atoms with Crippen LogP contribution in [0.3, 0.4) is 0 Å². The third-order valence-electron chi connectivity index (χ3n) is 7.37. The van der Waals surface area contributed by atoms with Gasteiger partial charge in [-0.25, -0.2) is 4.98 Å². The Morgan fingerprint density at radius 3 is 2.68 bits per heavy atom. The van der Waals surface area contributed by atoms with Gasteiger partial charge >= 0.3 is 6.18 Å². The Morgan fingerprint density at radius 2 is 2.00 bits per heavy atom. The summed E-state index contributed by atoms with van der Waals surface area (Å²) in [5.41, 5.74) is 1.21. The summed E-state index contributed by atoms with van der Waals surface area (Å²) in [7, 11) is 1.70. The topological polar surface area (TPSA) is 66.5 Å². The van der Waals surface area contributed by atoms with Gasteiger partial charge in [-0.2, -0.15) is 13.2 Å². The number of carbonyl (C=O) groups excluding carboxylic acids is 1. The fourth-order valence-corrected chi connectivity index (χ4v) is 5.00. The van der Waals surface area contributed by atoms with Crippen LogP contribution < -0.4 is 15.5 Å². The number of aromatic nitrogens is 1. The van der Waals surface area contributed by atoms with Crippen molar-refractivity contribution in [2.75, 3.05) is 17.3 Å². The third-order valence-corrected chi connectivity index (χ3v) is 7.37. The van der Waals surface area contributed by atoms with Gasteiger partial charge in [-0.3, -0.25) is 10.1 Å². The number of hydrogen-bond donors (Lipinski definition) is 2. The molecule has 0 spiro atoms. The molecule has 2 aliphatic carbocycles. The van der Waals surface area contributed by atoms with E-state index in [2.05, 4.69) is 15.6 Å². The molecule has 0 atom stereocenters. The molecule has 0 radical (unpaired) electrons. The maximum atomic E-state index is 13.7. The summed E-state index contributed by atoms with van der Waals surface area (Å²) < 4.78 is 45.5. The Kier molecular flexibility index (Phi) is 6.02. The summed E-state index contributed by atoms with van der Waals surface area (Å²) in [5.74, 6) is 0.606. The number of benzene rings is 1. The van der Waals surface area contributed by atoms with Gasteiger partial charge in [0.1, 0.15) is 11.4 Å². The normalized spacial score (nSPS) is 23.4. The van der Waals surface area contributed by atoms with Gasteiger partial charge in [0.15, 0.2) is 0 Å². The minimum Gasteiger partial charge on any atom is -0.381 e. The van der Waals surface area contributed by atoms with Crippen LogP contribution in [0.15, 0.2) is 36.5 Å². The molecule has 0 saturated heterocycles. The number of amides is 1. The summed E-state index contributed by atoms with van der Waals surface area (Å²) in [6.45, 7) is 0.439. The van der Waals surface area contributed by atoms with Crippen LogP contribution >= 0.6 is 0 Å². The Hall–Kier alpha value is -2.65. The first-order valence-electron chi connectivity index (χ1n) is 11.8. The van der Waals surface area contributed by atoms with Crippen molar-refractivity contribution in [1.82, 2.24) is 10.3 Å². The lowest BCUT2D eigenvalue weighted by Gasteiger charge is -2.32. The standard InChI is InChI=1S/C25H29F3N4O2/c1-34-19-7-5-17(6-8-19)23(33)32-15-18-3-2-12-29-22(18)31-20-9-4-16(13-21(20)32)14-30-24(10-11-24)25(26,27)28/h2-4,9,12-13,17,19,30H,5-8,10-11,14-15H2,1H3,(H,29,31). The van der Waals surface area contributed by atoms with Crippen molar-refractivity contribution in [3.05, 3.63) is 47.7 Å². The quantitative estimate of drug-likeness (QED) is 0.634. The molecule has 3 aliphatic rings. The van der Waals surface area contributed by atoms with E-state index in [0.717, 1.165) is 36.9 Å². The maximum Gasteiger partial charge on any atom is 0.406 e. The van der Waals surface area contributed by atoms with Crippen LogP contribution in [0.2, 0.25) is 0 Å². The molecule has 1 aromatic heterocycles. The lowest BCUT2D eigenvalue weighted by molar-refractivity contribution is -0.166. The molecule has 2 saturated carbocycles. The molecule has 1 amide bonds. The van der Waals surface area contributed by atoms with E-state index in [4.69, 9.17) is 4.74 Å². The Bertz CT molecular complexity index is 1060. The molecule has 1 aliphatic heterocycles. The fraction of sp³-hybridized carbons (Fsp3) is 0.520. The Balaban J connectivity index is 1.43. The molecule has 1 aromatic carbocycles. The first kappa shape index (κ1) is 23.1. The predicted octanol–water partition coefficient (Wildman–Crippen LogP) is 5.06. The van der Waals surface area contributed by atoms with Crippen LogP contribution in [0, 0.1) is 5.92 Å². The number of anilines is 3. The lowest BCUT2D eigenvalue weighted by atomic mass is 9.86. The number of nitrogens with one attached hydrogen (secondary N) is 2. The van der Waals surface area contributed by atoms with Gasteiger partial charge in [-0.1, -0.05) is 12.1 Å². The second kappa shape index (κ2) is 8.85. The maximum absolute atomic E-state index is 13.7. The zero-order chi connectivity index (χ0) is 23.9. The number of hydrogen-bond acceptors (Lipinski definition) is 5. The van der Waals surface area contributed by atoms with E-state index in [1.807, 2.05) is 24.3 Å². The molecule has 2 heterocycles. The van der Waals surface area contributed by atoms with Crippen LogP contribution in [0.5, 0.6) is 0 Å². The second-order valence-corrected chi connectivity index (χ2v) is 9.55. The highest BCUT2D eigenvalue weighted by atomic mass is 19.4. The molecule has 6 nitrogen and oxygen atoms in total. The lowest BCUT2D eigenvalue weighted by Crippen LogP contribution is -2.44. The molecule has 182 valence electrons. The van der Waals surface area contributed by atoms with Gasteiger partial charge in [0.05, 0.1) is 24.0 Å². The molecule has 5 rings (SSSR count). The number of methoxy groups -OCH3 is 1. The van der Waals surface area contributed by atoms with Crippen molar-refractivity contribution < 1.29 is 22.7 Å². The predicted molar refractivity (Wildman–Crippen MR) is 123 cm³/mol. The third kappa shape index (κ3) is 4.38. The van der Waals surface area contributed by atoms with E-state index in [9.17, 15) is 18.0 Å². The molecule has 9 heteroatoms. The minimum atomic E-state index is -4.27. The van der Waals surface area contributed by atoms with Crippen LogP contribution in [-0.2, 0) is 22.6 Å². The van der Waals surface area contributed by atoms with Gasteiger partial charge < -0.3 is 15.0 Å². The zero-order valence-electron chi connectivity index (χ0n) is 19.1. The van der Waals surface area contributed by atoms with Crippen molar-refractivity contribution >= 4 is 23.1 Å². The smallest absolute Gasteiger partial charge is 0.381 e. The van der Waals surface area contributed by atoms with Gasteiger partial charge in [0, 0.05) is 31.3 Å². The summed E-state index contributed by atoms with van der Waals surface area (Å²) in [4.78, 5) is 19.9. The number of pyridine rings is 1. The van der Waals surface area contributed by atoms with Crippen molar-refractivity contribution in [3.8, 4) is 0 Å². The summed E-state index contributed by atoms with van der Waals surface area (Å²) in [5, 5.41) is 6.03. The van der Waals surface area contributed by atoms with Crippen LogP contribution in [-0.4, -0.2) is 35.8 Å². The highest BCUT2D eigenvalue weighted by Gasteiger charge is 2.62. The molecule has 2 aromatic rings.